The van der Waals surface area contributed by atoms with Crippen molar-refractivity contribution in [3.05, 3.63) is 58.3 Å². The first kappa shape index (κ1) is 25.6. The standard InChI is InChI=1S/C25H31N3O5S/c1-16(2)7-5-8-17(3)26-22(29)15-34-25-27-21-13-18(24(31)32-4)10-11-20(21)23(30)28(25)14-19-9-6-12-33-19/h6,9-13,16-17H,5,7-8,14-15H2,1-4H3,(H,26,29). The van der Waals surface area contributed by atoms with E-state index in [2.05, 4.69) is 24.1 Å². The summed E-state index contributed by atoms with van der Waals surface area (Å²) in [7, 11) is 1.30. The number of amides is 1. The number of fused-ring (bicyclic) bond motifs is 1. The van der Waals surface area contributed by atoms with Gasteiger partial charge in [-0.15, -0.1) is 0 Å². The molecule has 1 aromatic carbocycles. The lowest BCUT2D eigenvalue weighted by Crippen LogP contribution is -2.34. The van der Waals surface area contributed by atoms with Gasteiger partial charge in [-0.25, -0.2) is 9.78 Å². The molecule has 9 heteroatoms. The van der Waals surface area contributed by atoms with Crippen molar-refractivity contribution in [1.29, 1.82) is 0 Å². The Hall–Kier alpha value is -3.07. The van der Waals surface area contributed by atoms with Crippen molar-refractivity contribution in [2.75, 3.05) is 12.9 Å². The second kappa shape index (κ2) is 11.9. The van der Waals surface area contributed by atoms with Crippen LogP contribution in [0, 0.1) is 5.92 Å². The van der Waals surface area contributed by atoms with Gasteiger partial charge in [0.25, 0.3) is 5.56 Å². The molecule has 0 saturated carbocycles. The number of rotatable bonds is 11. The van der Waals surface area contributed by atoms with E-state index in [9.17, 15) is 14.4 Å². The van der Waals surface area contributed by atoms with Gasteiger partial charge in [-0.1, -0.05) is 38.5 Å². The smallest absolute Gasteiger partial charge is 0.337 e. The van der Waals surface area contributed by atoms with Crippen LogP contribution in [0.15, 0.2) is 51.0 Å². The Morgan fingerprint density at radius 3 is 2.68 bits per heavy atom. The third-order valence-electron chi connectivity index (χ3n) is 5.39. The zero-order chi connectivity index (χ0) is 24.7. The molecule has 0 fully saturated rings. The lowest BCUT2D eigenvalue weighted by molar-refractivity contribution is -0.119. The number of hydrogen-bond donors (Lipinski definition) is 1. The monoisotopic (exact) mass is 485 g/mol. The van der Waals surface area contributed by atoms with Gasteiger partial charge < -0.3 is 14.5 Å². The minimum Gasteiger partial charge on any atom is -0.467 e. The van der Waals surface area contributed by atoms with Crippen LogP contribution in [-0.4, -0.2) is 40.3 Å². The molecule has 1 atom stereocenters. The number of carbonyl (C=O) groups is 2. The molecule has 1 amide bonds. The van der Waals surface area contributed by atoms with Gasteiger partial charge in [0.2, 0.25) is 5.91 Å². The highest BCUT2D eigenvalue weighted by Crippen LogP contribution is 2.20. The zero-order valence-corrected chi connectivity index (χ0v) is 20.8. The average molecular weight is 486 g/mol. The van der Waals surface area contributed by atoms with E-state index >= 15 is 0 Å². The molecule has 0 spiro atoms. The van der Waals surface area contributed by atoms with Crippen molar-refractivity contribution in [2.24, 2.45) is 5.92 Å². The van der Waals surface area contributed by atoms with E-state index in [1.54, 1.807) is 24.5 Å². The summed E-state index contributed by atoms with van der Waals surface area (Å²) in [6.07, 6.45) is 4.65. The van der Waals surface area contributed by atoms with Crippen molar-refractivity contribution in [1.82, 2.24) is 14.9 Å². The van der Waals surface area contributed by atoms with Gasteiger partial charge in [-0.3, -0.25) is 14.2 Å². The predicted octanol–water partition coefficient (Wildman–Crippen LogP) is 4.25. The highest BCUT2D eigenvalue weighted by Gasteiger charge is 2.17. The first-order chi connectivity index (χ1) is 16.3. The summed E-state index contributed by atoms with van der Waals surface area (Å²) >= 11 is 1.18. The summed E-state index contributed by atoms with van der Waals surface area (Å²) in [5.41, 5.74) is 0.394. The molecule has 34 heavy (non-hydrogen) atoms. The van der Waals surface area contributed by atoms with Crippen LogP contribution in [0.4, 0.5) is 0 Å². The fourth-order valence-corrected chi connectivity index (χ4v) is 4.41. The number of esters is 1. The quantitative estimate of drug-likeness (QED) is 0.246. The first-order valence-corrected chi connectivity index (χ1v) is 12.3. The third kappa shape index (κ3) is 6.72. The molecule has 0 bridgehead atoms. The highest BCUT2D eigenvalue weighted by atomic mass is 32.2. The van der Waals surface area contributed by atoms with Crippen LogP contribution >= 0.6 is 11.8 Å². The van der Waals surface area contributed by atoms with Crippen LogP contribution in [0.2, 0.25) is 0 Å². The minimum atomic E-state index is -0.511. The molecule has 1 unspecified atom stereocenters. The number of furan rings is 1. The number of nitrogens with zero attached hydrogens (tertiary/aromatic N) is 2. The number of benzene rings is 1. The maximum absolute atomic E-state index is 13.3. The van der Waals surface area contributed by atoms with Gasteiger partial charge in [0.1, 0.15) is 5.76 Å². The fraction of sp³-hybridized carbons (Fsp3) is 0.440. The Labute approximate surface area is 203 Å². The number of carbonyl (C=O) groups excluding carboxylic acids is 2. The van der Waals surface area contributed by atoms with Crippen molar-refractivity contribution in [3.8, 4) is 0 Å². The predicted molar refractivity (Wildman–Crippen MR) is 132 cm³/mol. The van der Waals surface area contributed by atoms with Crippen LogP contribution in [0.3, 0.4) is 0 Å². The Morgan fingerprint density at radius 1 is 1.21 bits per heavy atom. The van der Waals surface area contributed by atoms with Gasteiger partial charge in [0.15, 0.2) is 5.16 Å². The normalized spacial score (nSPS) is 12.1. The van der Waals surface area contributed by atoms with E-state index < -0.39 is 5.97 Å². The summed E-state index contributed by atoms with van der Waals surface area (Å²) in [6, 6.07) is 8.23. The van der Waals surface area contributed by atoms with Crippen LogP contribution in [-0.2, 0) is 16.1 Å². The van der Waals surface area contributed by atoms with Gasteiger partial charge >= 0.3 is 5.97 Å². The lowest BCUT2D eigenvalue weighted by Gasteiger charge is -2.15. The molecular formula is C25H31N3O5S. The van der Waals surface area contributed by atoms with E-state index in [1.165, 1.54) is 35.6 Å². The molecule has 2 heterocycles. The number of thioether (sulfide) groups is 1. The molecule has 2 aromatic heterocycles. The van der Waals surface area contributed by atoms with Gasteiger partial charge in [0, 0.05) is 6.04 Å². The summed E-state index contributed by atoms with van der Waals surface area (Å²) in [5.74, 6) is 0.719. The molecule has 3 rings (SSSR count). The second-order valence-corrected chi connectivity index (χ2v) is 9.61. The Balaban J connectivity index is 1.82. The summed E-state index contributed by atoms with van der Waals surface area (Å²) in [4.78, 5) is 42.4. The largest absolute Gasteiger partial charge is 0.467 e. The van der Waals surface area contributed by atoms with Crippen LogP contribution < -0.4 is 10.9 Å². The molecule has 182 valence electrons. The molecule has 8 nitrogen and oxygen atoms in total. The number of methoxy groups -OCH3 is 1. The molecule has 0 aliphatic carbocycles. The maximum Gasteiger partial charge on any atom is 0.337 e. The number of hydrogen-bond acceptors (Lipinski definition) is 7. The Morgan fingerprint density at radius 2 is 2.00 bits per heavy atom. The fourth-order valence-electron chi connectivity index (χ4n) is 3.60. The first-order valence-electron chi connectivity index (χ1n) is 11.4. The van der Waals surface area contributed by atoms with E-state index in [-0.39, 0.29) is 29.8 Å². The maximum atomic E-state index is 13.3. The van der Waals surface area contributed by atoms with E-state index in [0.29, 0.717) is 33.3 Å². The van der Waals surface area contributed by atoms with Crippen molar-refractivity contribution in [3.63, 3.8) is 0 Å². The number of aromatic nitrogens is 2. The summed E-state index contributed by atoms with van der Waals surface area (Å²) < 4.78 is 11.7. The summed E-state index contributed by atoms with van der Waals surface area (Å²) in [5, 5.41) is 3.76. The van der Waals surface area contributed by atoms with E-state index in [0.717, 1.165) is 19.3 Å². The molecular weight excluding hydrogens is 454 g/mol. The van der Waals surface area contributed by atoms with Gasteiger partial charge in [-0.05, 0) is 49.6 Å². The van der Waals surface area contributed by atoms with Crippen molar-refractivity contribution in [2.45, 2.75) is 57.8 Å². The summed E-state index contributed by atoms with van der Waals surface area (Å²) in [6.45, 7) is 6.56. The van der Waals surface area contributed by atoms with Crippen LogP contribution in [0.25, 0.3) is 10.9 Å². The van der Waals surface area contributed by atoms with Gasteiger partial charge in [0.05, 0.1) is 42.1 Å². The zero-order valence-electron chi connectivity index (χ0n) is 20.0. The molecule has 3 aromatic rings. The number of ether oxygens (including phenoxy) is 1. The van der Waals surface area contributed by atoms with Crippen LogP contribution in [0.1, 0.15) is 56.2 Å². The van der Waals surface area contributed by atoms with Gasteiger partial charge in [-0.2, -0.15) is 0 Å². The van der Waals surface area contributed by atoms with Crippen LogP contribution in [0.5, 0.6) is 0 Å². The molecule has 0 radical (unpaired) electrons. The molecule has 0 saturated heterocycles. The Bertz CT molecular complexity index is 1190. The topological polar surface area (TPSA) is 103 Å². The average Bonchev–Trinajstić information content (AvgIpc) is 3.32. The Kier molecular flexibility index (Phi) is 8.92. The van der Waals surface area contributed by atoms with Crippen molar-refractivity contribution < 1.29 is 18.7 Å². The SMILES string of the molecule is COC(=O)c1ccc2c(=O)n(Cc3ccco3)c(SCC(=O)NC(C)CCCC(C)C)nc2c1. The van der Waals surface area contributed by atoms with E-state index in [1.807, 2.05) is 6.92 Å². The second-order valence-electron chi connectivity index (χ2n) is 8.67. The molecule has 0 aliphatic rings. The molecule has 0 aliphatic heterocycles. The minimum absolute atomic E-state index is 0.0735. The number of nitrogens with one attached hydrogen (secondary N) is 1. The highest BCUT2D eigenvalue weighted by molar-refractivity contribution is 7.99. The lowest BCUT2D eigenvalue weighted by atomic mass is 10.0. The van der Waals surface area contributed by atoms with E-state index in [4.69, 9.17) is 9.15 Å². The third-order valence-corrected chi connectivity index (χ3v) is 6.37. The molecule has 1 N–H and O–H groups in total. The van der Waals surface area contributed by atoms with Crippen molar-refractivity contribution >= 4 is 34.5 Å².